The van der Waals surface area contributed by atoms with Crippen LogP contribution in [0.15, 0.2) is 71.7 Å². The van der Waals surface area contributed by atoms with E-state index < -0.39 is 46.9 Å². The van der Waals surface area contributed by atoms with Crippen molar-refractivity contribution in [2.45, 2.75) is 43.8 Å². The highest BCUT2D eigenvalue weighted by molar-refractivity contribution is 6.33. The van der Waals surface area contributed by atoms with Gasteiger partial charge in [-0.1, -0.05) is 41.9 Å². The Morgan fingerprint density at radius 3 is 2.43 bits per heavy atom. The quantitative estimate of drug-likeness (QED) is 0.223. The molecule has 252 valence electrons. The standard InChI is InChI=1S/C34H27ClF4N6O4/c35-21-17-20(34(37,38)39)8-9-22(21)41-25(47)18-44-23-10-11-33(12-15-43(16-13-33)32(49)29-24(46)7-4-14-40-29)26(23)31(48)45-30(44)27(36)28(42-45)19-5-2-1-3-6-19/h1-9,14,17,46H,10-13,15-16,18H2,(H,41,47). The van der Waals surface area contributed by atoms with Crippen molar-refractivity contribution in [2.75, 3.05) is 18.4 Å². The molecule has 1 saturated heterocycles. The van der Waals surface area contributed by atoms with Gasteiger partial charge in [0.05, 0.1) is 16.3 Å². The number of hydrogen-bond donors (Lipinski definition) is 2. The van der Waals surface area contributed by atoms with Crippen molar-refractivity contribution in [2.24, 2.45) is 0 Å². The van der Waals surface area contributed by atoms with Crippen molar-refractivity contribution >= 4 is 34.7 Å². The lowest BCUT2D eigenvalue weighted by Crippen LogP contribution is -2.46. The number of benzene rings is 2. The van der Waals surface area contributed by atoms with Gasteiger partial charge in [0.2, 0.25) is 5.91 Å². The number of pyridine rings is 1. The SMILES string of the molecule is O=C(Cn1c2c(c(=O)n3nc(-c4ccccc4)c(F)c13)C1(CC2)CCN(C(=O)c2ncccc2O)CC1)Nc1ccc(C(F)(F)F)cc1Cl. The van der Waals surface area contributed by atoms with E-state index in [0.29, 0.717) is 48.6 Å². The topological polar surface area (TPSA) is 122 Å². The van der Waals surface area contributed by atoms with E-state index in [9.17, 15) is 32.7 Å². The van der Waals surface area contributed by atoms with Crippen LogP contribution < -0.4 is 10.9 Å². The predicted molar refractivity (Wildman–Crippen MR) is 171 cm³/mol. The second-order valence-corrected chi connectivity index (χ2v) is 12.6. The zero-order chi connectivity index (χ0) is 34.7. The summed E-state index contributed by atoms with van der Waals surface area (Å²) < 4.78 is 58.2. The maximum atomic E-state index is 16.3. The summed E-state index contributed by atoms with van der Waals surface area (Å²) in [5.41, 5.74) is -1.48. The van der Waals surface area contributed by atoms with E-state index in [1.165, 1.54) is 22.9 Å². The molecule has 0 radical (unpaired) electrons. The summed E-state index contributed by atoms with van der Waals surface area (Å²) in [5.74, 6) is -2.22. The van der Waals surface area contributed by atoms with Gasteiger partial charge >= 0.3 is 6.18 Å². The molecule has 10 nitrogen and oxygen atoms in total. The Labute approximate surface area is 280 Å². The zero-order valence-corrected chi connectivity index (χ0v) is 26.4. The molecule has 15 heteroatoms. The molecule has 5 aromatic rings. The lowest BCUT2D eigenvalue weighted by Gasteiger charge is -2.39. The van der Waals surface area contributed by atoms with Gasteiger partial charge in [0, 0.05) is 41.5 Å². The van der Waals surface area contributed by atoms with E-state index in [2.05, 4.69) is 15.4 Å². The molecule has 2 amide bonds. The summed E-state index contributed by atoms with van der Waals surface area (Å²) in [4.78, 5) is 46.5. The van der Waals surface area contributed by atoms with Crippen molar-refractivity contribution < 1.29 is 32.3 Å². The maximum Gasteiger partial charge on any atom is 0.416 e. The Morgan fingerprint density at radius 2 is 1.76 bits per heavy atom. The van der Waals surface area contributed by atoms with Crippen molar-refractivity contribution in [1.82, 2.24) is 24.1 Å². The molecule has 2 aliphatic rings. The number of hydrogen-bond acceptors (Lipinski definition) is 6. The van der Waals surface area contributed by atoms with Crippen LogP contribution in [0.4, 0.5) is 23.2 Å². The molecule has 1 aliphatic carbocycles. The molecule has 7 rings (SSSR count). The smallest absolute Gasteiger partial charge is 0.416 e. The average Bonchev–Trinajstić information content (AvgIpc) is 3.62. The van der Waals surface area contributed by atoms with Crippen molar-refractivity contribution in [3.63, 3.8) is 0 Å². The normalized spacial score (nSPS) is 15.5. The van der Waals surface area contributed by atoms with Gasteiger partial charge < -0.3 is 19.9 Å². The molecule has 1 aliphatic heterocycles. The molecule has 0 atom stereocenters. The van der Waals surface area contributed by atoms with Crippen LogP contribution >= 0.6 is 11.6 Å². The molecule has 1 fully saturated rings. The average molecular weight is 695 g/mol. The summed E-state index contributed by atoms with van der Waals surface area (Å²) in [6, 6.07) is 13.8. The third-order valence-electron chi connectivity index (χ3n) is 9.37. The van der Waals surface area contributed by atoms with Crippen molar-refractivity contribution in [1.29, 1.82) is 0 Å². The van der Waals surface area contributed by atoms with Crippen LogP contribution in [0, 0.1) is 5.82 Å². The molecule has 49 heavy (non-hydrogen) atoms. The molecule has 1 spiro atoms. The number of anilines is 1. The molecule has 4 heterocycles. The van der Waals surface area contributed by atoms with Gasteiger partial charge in [-0.15, -0.1) is 0 Å². The first-order chi connectivity index (χ1) is 23.4. The van der Waals surface area contributed by atoms with Crippen LogP contribution in [0.2, 0.25) is 5.02 Å². The number of alkyl halides is 3. The fourth-order valence-electron chi connectivity index (χ4n) is 6.96. The van der Waals surface area contributed by atoms with Gasteiger partial charge in [0.1, 0.15) is 18.0 Å². The molecule has 2 N–H and O–H groups in total. The van der Waals surface area contributed by atoms with Crippen LogP contribution in [0.25, 0.3) is 16.9 Å². The third-order valence-corrected chi connectivity index (χ3v) is 9.68. The largest absolute Gasteiger partial charge is 0.505 e. The lowest BCUT2D eigenvalue weighted by atomic mass is 9.74. The zero-order valence-electron chi connectivity index (χ0n) is 25.6. The number of aromatic hydroxyl groups is 1. The first-order valence-corrected chi connectivity index (χ1v) is 15.8. The van der Waals surface area contributed by atoms with Crippen LogP contribution in [-0.4, -0.2) is 54.1 Å². The van der Waals surface area contributed by atoms with E-state index in [4.69, 9.17) is 11.6 Å². The van der Waals surface area contributed by atoms with Crippen LogP contribution in [-0.2, 0) is 29.4 Å². The second-order valence-electron chi connectivity index (χ2n) is 12.2. The number of carbonyl (C=O) groups is 2. The number of amides is 2. The molecule has 0 unspecified atom stereocenters. The number of nitrogens with one attached hydrogen (secondary N) is 1. The Kier molecular flexibility index (Phi) is 7.93. The number of carbonyl (C=O) groups excluding carboxylic acids is 2. The Balaban J connectivity index is 1.27. The number of piperidine rings is 1. The van der Waals surface area contributed by atoms with Gasteiger partial charge in [0.25, 0.3) is 11.5 Å². The fourth-order valence-corrected chi connectivity index (χ4v) is 7.19. The van der Waals surface area contributed by atoms with Crippen LogP contribution in [0.1, 0.15) is 46.6 Å². The van der Waals surface area contributed by atoms with Crippen LogP contribution in [0.5, 0.6) is 5.75 Å². The van der Waals surface area contributed by atoms with E-state index in [1.807, 2.05) is 0 Å². The molecular weight excluding hydrogens is 668 g/mol. The monoisotopic (exact) mass is 694 g/mol. The molecule has 0 saturated carbocycles. The lowest BCUT2D eigenvalue weighted by molar-refractivity contribution is -0.137. The second kappa shape index (κ2) is 12.0. The summed E-state index contributed by atoms with van der Waals surface area (Å²) >= 11 is 6.08. The maximum absolute atomic E-state index is 16.3. The summed E-state index contributed by atoms with van der Waals surface area (Å²) in [5, 5.41) is 16.7. The number of aromatic nitrogens is 4. The van der Waals surface area contributed by atoms with Gasteiger partial charge in [-0.2, -0.15) is 22.8 Å². The highest BCUT2D eigenvalue weighted by Gasteiger charge is 2.47. The highest BCUT2D eigenvalue weighted by Crippen LogP contribution is 2.46. The van der Waals surface area contributed by atoms with E-state index in [1.54, 1.807) is 35.2 Å². The van der Waals surface area contributed by atoms with E-state index in [-0.39, 0.29) is 46.6 Å². The van der Waals surface area contributed by atoms with Crippen molar-refractivity contribution in [3.05, 3.63) is 111 Å². The number of rotatable bonds is 5. The minimum atomic E-state index is -4.64. The fraction of sp³-hybridized carbons (Fsp3) is 0.265. The Hall–Kier alpha value is -5.24. The minimum absolute atomic E-state index is 0.0696. The van der Waals surface area contributed by atoms with E-state index in [0.717, 1.165) is 16.6 Å². The first kappa shape index (κ1) is 32.3. The van der Waals surface area contributed by atoms with E-state index >= 15 is 4.39 Å². The van der Waals surface area contributed by atoms with Crippen molar-refractivity contribution in [3.8, 4) is 17.0 Å². The van der Waals surface area contributed by atoms with Gasteiger partial charge in [-0.05, 0) is 56.0 Å². The van der Waals surface area contributed by atoms with Crippen LogP contribution in [0.3, 0.4) is 0 Å². The predicted octanol–water partition coefficient (Wildman–Crippen LogP) is 5.83. The summed E-state index contributed by atoms with van der Waals surface area (Å²) in [6.45, 7) is 0.00274. The summed E-state index contributed by atoms with van der Waals surface area (Å²) in [7, 11) is 0. The Morgan fingerprint density at radius 1 is 1.02 bits per heavy atom. The summed E-state index contributed by atoms with van der Waals surface area (Å²) in [6.07, 6.45) is -1.67. The molecular formula is C34H27ClF4N6O4. The number of nitrogens with zero attached hydrogens (tertiary/aromatic N) is 5. The number of likely N-dealkylation sites (tertiary alicyclic amines) is 1. The molecule has 3 aromatic heterocycles. The number of fused-ring (bicyclic) bond motifs is 3. The van der Waals surface area contributed by atoms with Gasteiger partial charge in [-0.3, -0.25) is 14.4 Å². The third kappa shape index (κ3) is 5.59. The van der Waals surface area contributed by atoms with Gasteiger partial charge in [-0.25, -0.2) is 9.37 Å². The number of halogens is 5. The molecule has 0 bridgehead atoms. The minimum Gasteiger partial charge on any atom is -0.505 e. The first-order valence-electron chi connectivity index (χ1n) is 15.4. The molecule has 2 aromatic carbocycles. The highest BCUT2D eigenvalue weighted by atomic mass is 35.5. The van der Waals surface area contributed by atoms with Gasteiger partial charge in [0.15, 0.2) is 17.2 Å². The Bertz CT molecular complexity index is 2190.